The van der Waals surface area contributed by atoms with E-state index in [-0.39, 0.29) is 0 Å². The first-order valence-corrected chi connectivity index (χ1v) is 14.6. The van der Waals surface area contributed by atoms with Gasteiger partial charge in [0.05, 0.1) is 0 Å². The number of benzene rings is 3. The van der Waals surface area contributed by atoms with Crippen molar-refractivity contribution in [3.8, 4) is 0 Å². The van der Waals surface area contributed by atoms with Gasteiger partial charge in [0.1, 0.15) is 0 Å². The number of hydrogen-bond donors (Lipinski definition) is 0. The SMILES string of the molecule is CCc1ccc(C)n2nc(CP(Cl)(c3ccccc3)(c3ccccc3)c3ccccc3)nc12. The Hall–Kier alpha value is -3.00. The number of halogens is 1. The van der Waals surface area contributed by atoms with Crippen LogP contribution < -0.4 is 15.9 Å². The topological polar surface area (TPSA) is 30.2 Å². The van der Waals surface area contributed by atoms with Gasteiger partial charge in [-0.3, -0.25) is 0 Å². The first kappa shape index (κ1) is 21.8. The van der Waals surface area contributed by atoms with Crippen molar-refractivity contribution in [1.29, 1.82) is 0 Å². The zero-order valence-corrected chi connectivity index (χ0v) is 20.5. The molecule has 33 heavy (non-hydrogen) atoms. The molecule has 2 heterocycles. The van der Waals surface area contributed by atoms with Gasteiger partial charge in [-0.1, -0.05) is 0 Å². The summed E-state index contributed by atoms with van der Waals surface area (Å²) in [4.78, 5) is 5.05. The average Bonchev–Trinajstić information content (AvgIpc) is 3.30. The van der Waals surface area contributed by atoms with Crippen molar-refractivity contribution in [2.75, 3.05) is 0 Å². The molecule has 166 valence electrons. The third-order valence-corrected chi connectivity index (χ3v) is 13.6. The van der Waals surface area contributed by atoms with Gasteiger partial charge in [0.25, 0.3) is 0 Å². The van der Waals surface area contributed by atoms with Crippen LogP contribution in [0.1, 0.15) is 24.0 Å². The standard InChI is InChI=1S/C28H27ClN3P/c1-3-23-20-19-22(2)32-28(23)30-27(31-32)21-33(29,24-13-7-4-8-14-24,25-15-9-5-10-16-25)26-17-11-6-12-18-26/h4-20H,3,21H2,1-2H3. The Balaban J connectivity index is 1.84. The van der Waals surface area contributed by atoms with Crippen LogP contribution in [0.3, 0.4) is 0 Å². The number of aryl methyl sites for hydroxylation is 2. The fourth-order valence-electron chi connectivity index (χ4n) is 4.72. The predicted molar refractivity (Wildman–Crippen MR) is 142 cm³/mol. The molecule has 0 atom stereocenters. The number of pyridine rings is 1. The molecule has 0 spiro atoms. The van der Waals surface area contributed by atoms with Crippen LogP contribution in [0.15, 0.2) is 103 Å². The summed E-state index contributed by atoms with van der Waals surface area (Å²) in [5, 5.41) is 8.34. The second kappa shape index (κ2) is 8.41. The number of fused-ring (bicyclic) bond motifs is 1. The number of nitrogens with zero attached hydrogens (tertiary/aromatic N) is 3. The van der Waals surface area contributed by atoms with E-state index in [1.807, 2.05) is 22.7 Å². The molecule has 5 rings (SSSR count). The van der Waals surface area contributed by atoms with Crippen LogP contribution in [0.4, 0.5) is 0 Å². The fraction of sp³-hybridized carbons (Fsp3) is 0.143. The molecule has 5 aromatic rings. The second-order valence-electron chi connectivity index (χ2n) is 8.46. The predicted octanol–water partition coefficient (Wildman–Crippen LogP) is 5.78. The van der Waals surface area contributed by atoms with Crippen molar-refractivity contribution in [3.63, 3.8) is 0 Å². The normalized spacial score (nSPS) is 13.0. The quantitative estimate of drug-likeness (QED) is 0.294. The number of rotatable bonds is 6. The summed E-state index contributed by atoms with van der Waals surface area (Å²) in [6, 6.07) is 35.7. The molecule has 0 saturated heterocycles. The van der Waals surface area contributed by atoms with Gasteiger partial charge in [0.15, 0.2) is 0 Å². The number of hydrogen-bond acceptors (Lipinski definition) is 2. The maximum absolute atomic E-state index is 8.19. The maximum atomic E-state index is 8.19. The van der Waals surface area contributed by atoms with E-state index < -0.39 is 5.96 Å². The van der Waals surface area contributed by atoms with Crippen molar-refractivity contribution >= 4 is 38.8 Å². The van der Waals surface area contributed by atoms with E-state index >= 15 is 0 Å². The van der Waals surface area contributed by atoms with Crippen LogP contribution in [0, 0.1) is 6.92 Å². The first-order valence-electron chi connectivity index (χ1n) is 11.3. The zero-order chi connectivity index (χ0) is 22.9. The van der Waals surface area contributed by atoms with Gasteiger partial charge in [-0.15, -0.1) is 0 Å². The van der Waals surface area contributed by atoms with Gasteiger partial charge in [0.2, 0.25) is 0 Å². The second-order valence-corrected chi connectivity index (χ2v) is 14.9. The van der Waals surface area contributed by atoms with E-state index in [4.69, 9.17) is 21.3 Å². The van der Waals surface area contributed by atoms with Gasteiger partial charge in [-0.25, -0.2) is 0 Å². The monoisotopic (exact) mass is 471 g/mol. The van der Waals surface area contributed by atoms with Crippen LogP contribution in [0.25, 0.3) is 5.65 Å². The summed E-state index contributed by atoms with van der Waals surface area (Å²) >= 11 is 8.19. The summed E-state index contributed by atoms with van der Waals surface area (Å²) in [6.45, 7) is 4.22. The van der Waals surface area contributed by atoms with Gasteiger partial charge in [0, 0.05) is 0 Å². The molecule has 3 aromatic carbocycles. The zero-order valence-electron chi connectivity index (χ0n) is 18.9. The van der Waals surface area contributed by atoms with Gasteiger partial charge < -0.3 is 0 Å². The molecule has 0 bridgehead atoms. The van der Waals surface area contributed by atoms with Crippen molar-refractivity contribution in [3.05, 3.63) is 120 Å². The van der Waals surface area contributed by atoms with Crippen molar-refractivity contribution in [2.24, 2.45) is 0 Å². The van der Waals surface area contributed by atoms with E-state index in [2.05, 4.69) is 98.8 Å². The molecule has 0 aliphatic heterocycles. The molecular formula is C28H27ClN3P. The number of aromatic nitrogens is 3. The molecule has 0 unspecified atom stereocenters. The van der Waals surface area contributed by atoms with E-state index in [9.17, 15) is 0 Å². The van der Waals surface area contributed by atoms with E-state index in [1.54, 1.807) is 0 Å². The summed E-state index contributed by atoms with van der Waals surface area (Å²) < 4.78 is 1.97. The first-order chi connectivity index (χ1) is 16.0. The minimum absolute atomic E-state index is 0.537. The summed E-state index contributed by atoms with van der Waals surface area (Å²) in [5.41, 5.74) is 3.17. The molecule has 0 radical (unpaired) electrons. The van der Waals surface area contributed by atoms with Crippen LogP contribution in [0.2, 0.25) is 0 Å². The van der Waals surface area contributed by atoms with Gasteiger partial charge in [-0.05, 0) is 0 Å². The Morgan fingerprint density at radius 2 is 1.21 bits per heavy atom. The van der Waals surface area contributed by atoms with E-state index in [0.29, 0.717) is 6.16 Å². The summed E-state index contributed by atoms with van der Waals surface area (Å²) in [5.74, 6) is -2.69. The Labute approximate surface area is 199 Å². The summed E-state index contributed by atoms with van der Waals surface area (Å²) in [7, 11) is 0. The Kier molecular flexibility index (Phi) is 5.56. The summed E-state index contributed by atoms with van der Waals surface area (Å²) in [6.07, 6.45) is 1.44. The van der Waals surface area contributed by atoms with E-state index in [1.165, 1.54) is 5.56 Å². The Morgan fingerprint density at radius 1 is 0.727 bits per heavy atom. The van der Waals surface area contributed by atoms with Crippen molar-refractivity contribution in [2.45, 2.75) is 26.4 Å². The molecule has 0 N–H and O–H groups in total. The minimum atomic E-state index is -3.46. The molecule has 0 aliphatic rings. The van der Waals surface area contributed by atoms with Gasteiger partial charge >= 0.3 is 200 Å². The molecule has 0 fully saturated rings. The fourth-order valence-corrected chi connectivity index (χ4v) is 10.5. The molecule has 0 aliphatic carbocycles. The van der Waals surface area contributed by atoms with Crippen molar-refractivity contribution in [1.82, 2.24) is 14.6 Å². The van der Waals surface area contributed by atoms with Crippen LogP contribution in [0.5, 0.6) is 0 Å². The molecular weight excluding hydrogens is 445 g/mol. The Bertz CT molecular complexity index is 1300. The van der Waals surface area contributed by atoms with Crippen LogP contribution in [-0.2, 0) is 12.6 Å². The van der Waals surface area contributed by atoms with Crippen LogP contribution in [-0.4, -0.2) is 14.6 Å². The molecule has 5 heteroatoms. The Morgan fingerprint density at radius 3 is 1.67 bits per heavy atom. The van der Waals surface area contributed by atoms with Crippen molar-refractivity contribution < 1.29 is 0 Å². The van der Waals surface area contributed by atoms with Crippen LogP contribution >= 0.6 is 17.2 Å². The molecule has 3 nitrogen and oxygen atoms in total. The molecule has 2 aromatic heterocycles. The molecule has 0 amide bonds. The third-order valence-electron chi connectivity index (χ3n) is 6.50. The van der Waals surface area contributed by atoms with Gasteiger partial charge in [-0.2, -0.15) is 0 Å². The third kappa shape index (κ3) is 3.47. The molecule has 0 saturated carbocycles. The average molecular weight is 472 g/mol. The van der Waals surface area contributed by atoms with E-state index in [0.717, 1.165) is 39.5 Å².